The molecule has 1 amide bonds. The number of ether oxygens (including phenoxy) is 1. The fraction of sp³-hybridized carbons (Fsp3) is 0.176. The first-order chi connectivity index (χ1) is 11.0. The van der Waals surface area contributed by atoms with Crippen LogP contribution in [0.15, 0.2) is 54.6 Å². The van der Waals surface area contributed by atoms with Crippen molar-refractivity contribution < 1.29 is 19.4 Å². The van der Waals surface area contributed by atoms with E-state index in [0.29, 0.717) is 10.6 Å². The Morgan fingerprint density at radius 1 is 1.09 bits per heavy atom. The van der Waals surface area contributed by atoms with Gasteiger partial charge in [-0.3, -0.25) is 0 Å². The summed E-state index contributed by atoms with van der Waals surface area (Å²) in [7, 11) is 0. The molecule has 2 N–H and O–H groups in total. The van der Waals surface area contributed by atoms with E-state index >= 15 is 0 Å². The molecule has 6 heteroatoms. The van der Waals surface area contributed by atoms with Crippen molar-refractivity contribution in [2.75, 3.05) is 0 Å². The molecule has 2 aromatic rings. The Morgan fingerprint density at radius 3 is 2.43 bits per heavy atom. The molecule has 0 radical (unpaired) electrons. The Bertz CT molecular complexity index is 675. The van der Waals surface area contributed by atoms with Gasteiger partial charge in [0.15, 0.2) is 0 Å². The lowest BCUT2D eigenvalue weighted by Crippen LogP contribution is -2.42. The molecule has 2 rings (SSSR count). The standard InChI is InChI=1S/C17H16ClNO4/c18-14-8-4-7-13(9-14)10-15(16(20)21)19-17(22)23-11-12-5-2-1-3-6-12/h1-9,15H,10-11H2,(H,19,22)(H,20,21)/t15-/m0/s1. The number of nitrogens with one attached hydrogen (secondary N) is 1. The van der Waals surface area contributed by atoms with E-state index in [1.54, 1.807) is 24.3 Å². The predicted molar refractivity (Wildman–Crippen MR) is 86.3 cm³/mol. The third-order valence-electron chi connectivity index (χ3n) is 3.13. The third kappa shape index (κ3) is 5.64. The molecule has 0 saturated heterocycles. The van der Waals surface area contributed by atoms with Gasteiger partial charge in [0.1, 0.15) is 12.6 Å². The molecule has 0 fully saturated rings. The largest absolute Gasteiger partial charge is 0.480 e. The van der Waals surface area contributed by atoms with E-state index in [4.69, 9.17) is 16.3 Å². The van der Waals surface area contributed by atoms with Gasteiger partial charge in [-0.25, -0.2) is 9.59 Å². The molecule has 0 aromatic heterocycles. The zero-order chi connectivity index (χ0) is 16.7. The number of halogens is 1. The Labute approximate surface area is 138 Å². The molecule has 2 aromatic carbocycles. The maximum Gasteiger partial charge on any atom is 0.408 e. The number of benzene rings is 2. The van der Waals surface area contributed by atoms with E-state index < -0.39 is 18.1 Å². The van der Waals surface area contributed by atoms with Crippen LogP contribution in [0.3, 0.4) is 0 Å². The van der Waals surface area contributed by atoms with Crippen LogP contribution >= 0.6 is 11.6 Å². The summed E-state index contributed by atoms with van der Waals surface area (Å²) in [6, 6.07) is 14.9. The van der Waals surface area contributed by atoms with Crippen molar-refractivity contribution in [2.24, 2.45) is 0 Å². The lowest BCUT2D eigenvalue weighted by molar-refractivity contribution is -0.139. The fourth-order valence-electron chi connectivity index (χ4n) is 2.01. The molecule has 5 nitrogen and oxygen atoms in total. The highest BCUT2D eigenvalue weighted by molar-refractivity contribution is 6.30. The highest BCUT2D eigenvalue weighted by atomic mass is 35.5. The van der Waals surface area contributed by atoms with E-state index in [1.807, 2.05) is 30.3 Å². The number of rotatable bonds is 6. The minimum absolute atomic E-state index is 0.0795. The van der Waals surface area contributed by atoms with Crippen LogP contribution in [0, 0.1) is 0 Å². The molecule has 0 saturated carbocycles. The van der Waals surface area contributed by atoms with Crippen LogP contribution in [0.4, 0.5) is 4.79 Å². The molecule has 0 spiro atoms. The quantitative estimate of drug-likeness (QED) is 0.850. The van der Waals surface area contributed by atoms with Gasteiger partial charge < -0.3 is 15.2 Å². The van der Waals surface area contributed by atoms with Crippen molar-refractivity contribution in [2.45, 2.75) is 19.1 Å². The van der Waals surface area contributed by atoms with Crippen molar-refractivity contribution in [3.63, 3.8) is 0 Å². The van der Waals surface area contributed by atoms with E-state index in [0.717, 1.165) is 5.56 Å². The number of hydrogen-bond donors (Lipinski definition) is 2. The molecule has 0 bridgehead atoms. The second kappa shape index (κ2) is 8.19. The van der Waals surface area contributed by atoms with E-state index in [9.17, 15) is 14.7 Å². The molecule has 1 atom stereocenters. The second-order valence-corrected chi connectivity index (χ2v) is 5.37. The van der Waals surface area contributed by atoms with Crippen LogP contribution in [-0.2, 0) is 22.6 Å². The molecular formula is C17H16ClNO4. The zero-order valence-electron chi connectivity index (χ0n) is 12.2. The van der Waals surface area contributed by atoms with Crippen LogP contribution < -0.4 is 5.32 Å². The molecular weight excluding hydrogens is 318 g/mol. The maximum absolute atomic E-state index is 11.8. The minimum atomic E-state index is -1.14. The van der Waals surface area contributed by atoms with Crippen LogP contribution in [0.1, 0.15) is 11.1 Å². The van der Waals surface area contributed by atoms with Gasteiger partial charge in [-0.2, -0.15) is 0 Å². The number of carbonyl (C=O) groups excluding carboxylic acids is 1. The summed E-state index contributed by atoms with van der Waals surface area (Å²) in [5.74, 6) is -1.14. The van der Waals surface area contributed by atoms with Crippen molar-refractivity contribution in [3.8, 4) is 0 Å². The van der Waals surface area contributed by atoms with Crippen LogP contribution in [0.5, 0.6) is 0 Å². The predicted octanol–water partition coefficient (Wildman–Crippen LogP) is 3.26. The summed E-state index contributed by atoms with van der Waals surface area (Å²) >= 11 is 5.87. The Kier molecular flexibility index (Phi) is 6.00. The van der Waals surface area contributed by atoms with Crippen LogP contribution in [0.25, 0.3) is 0 Å². The van der Waals surface area contributed by atoms with Gasteiger partial charge in [0.25, 0.3) is 0 Å². The number of carboxylic acid groups (broad SMARTS) is 1. The summed E-state index contributed by atoms with van der Waals surface area (Å²) in [4.78, 5) is 23.1. The molecule has 0 heterocycles. The van der Waals surface area contributed by atoms with Gasteiger partial charge in [0.2, 0.25) is 0 Å². The number of alkyl carbamates (subject to hydrolysis) is 1. The first kappa shape index (κ1) is 16.8. The summed E-state index contributed by atoms with van der Waals surface area (Å²) in [6.07, 6.45) is -0.653. The highest BCUT2D eigenvalue weighted by Crippen LogP contribution is 2.12. The normalized spacial score (nSPS) is 11.5. The minimum Gasteiger partial charge on any atom is -0.480 e. The van der Waals surface area contributed by atoms with Gasteiger partial charge in [0.05, 0.1) is 0 Å². The smallest absolute Gasteiger partial charge is 0.408 e. The lowest BCUT2D eigenvalue weighted by atomic mass is 10.1. The maximum atomic E-state index is 11.8. The van der Waals surface area contributed by atoms with Gasteiger partial charge in [-0.05, 0) is 23.3 Å². The molecule has 0 aliphatic rings. The fourth-order valence-corrected chi connectivity index (χ4v) is 2.22. The molecule has 23 heavy (non-hydrogen) atoms. The lowest BCUT2D eigenvalue weighted by Gasteiger charge is -2.15. The van der Waals surface area contributed by atoms with Gasteiger partial charge in [-0.15, -0.1) is 0 Å². The first-order valence-electron chi connectivity index (χ1n) is 6.99. The average molecular weight is 334 g/mol. The number of amides is 1. The number of carbonyl (C=O) groups is 2. The van der Waals surface area contributed by atoms with Crippen LogP contribution in [-0.4, -0.2) is 23.2 Å². The summed E-state index contributed by atoms with van der Waals surface area (Å²) < 4.78 is 5.03. The van der Waals surface area contributed by atoms with Crippen molar-refractivity contribution in [1.82, 2.24) is 5.32 Å². The van der Waals surface area contributed by atoms with Crippen LogP contribution in [0.2, 0.25) is 5.02 Å². The molecule has 0 unspecified atom stereocenters. The molecule has 0 aliphatic heterocycles. The Hall–Kier alpha value is -2.53. The summed E-state index contributed by atoms with van der Waals surface area (Å²) in [6.45, 7) is 0.0795. The Morgan fingerprint density at radius 2 is 1.78 bits per heavy atom. The van der Waals surface area contributed by atoms with E-state index in [2.05, 4.69) is 5.32 Å². The van der Waals surface area contributed by atoms with Gasteiger partial charge in [-0.1, -0.05) is 54.1 Å². The zero-order valence-corrected chi connectivity index (χ0v) is 13.0. The summed E-state index contributed by atoms with van der Waals surface area (Å²) in [5, 5.41) is 12.1. The number of aliphatic carboxylic acids is 1. The third-order valence-corrected chi connectivity index (χ3v) is 3.37. The summed E-state index contributed by atoms with van der Waals surface area (Å²) in [5.41, 5.74) is 1.54. The average Bonchev–Trinajstić information content (AvgIpc) is 2.53. The van der Waals surface area contributed by atoms with Crippen molar-refractivity contribution in [3.05, 3.63) is 70.7 Å². The second-order valence-electron chi connectivity index (χ2n) is 4.93. The first-order valence-corrected chi connectivity index (χ1v) is 7.37. The van der Waals surface area contributed by atoms with Gasteiger partial charge >= 0.3 is 12.1 Å². The van der Waals surface area contributed by atoms with E-state index in [1.165, 1.54) is 0 Å². The van der Waals surface area contributed by atoms with Gasteiger partial charge in [0, 0.05) is 11.4 Å². The molecule has 0 aliphatic carbocycles. The van der Waals surface area contributed by atoms with E-state index in [-0.39, 0.29) is 13.0 Å². The SMILES string of the molecule is O=C(N[C@@H](Cc1cccc(Cl)c1)C(=O)O)OCc1ccccc1. The topological polar surface area (TPSA) is 75.6 Å². The Balaban J connectivity index is 1.91. The van der Waals surface area contributed by atoms with Crippen molar-refractivity contribution >= 4 is 23.7 Å². The number of hydrogen-bond acceptors (Lipinski definition) is 3. The van der Waals surface area contributed by atoms with Crippen molar-refractivity contribution in [1.29, 1.82) is 0 Å². The number of carboxylic acids is 1. The monoisotopic (exact) mass is 333 g/mol. The molecule has 120 valence electrons. The highest BCUT2D eigenvalue weighted by Gasteiger charge is 2.21.